The molecule has 0 aliphatic heterocycles. The van der Waals surface area contributed by atoms with Gasteiger partial charge in [-0.05, 0) is 38.2 Å². The van der Waals surface area contributed by atoms with Crippen LogP contribution in [-0.4, -0.2) is 12.1 Å². The van der Waals surface area contributed by atoms with Crippen LogP contribution in [0.3, 0.4) is 0 Å². The standard InChI is InChI=1S/C18H29NO/c1-4-15-8-6-10-17(12-15)20-18(14(3)19)16-9-5-7-13(2)11-16/h5,7,9,11,14-15,17-18H,4,6,8,10,12,19H2,1-3H3. The van der Waals surface area contributed by atoms with E-state index in [0.717, 1.165) is 5.92 Å². The zero-order chi connectivity index (χ0) is 14.5. The lowest BCUT2D eigenvalue weighted by atomic mass is 9.85. The highest BCUT2D eigenvalue weighted by Crippen LogP contribution is 2.32. The first-order valence-electron chi connectivity index (χ1n) is 8.07. The van der Waals surface area contributed by atoms with E-state index in [4.69, 9.17) is 10.5 Å². The maximum Gasteiger partial charge on any atom is 0.0976 e. The van der Waals surface area contributed by atoms with Crippen molar-refractivity contribution in [1.82, 2.24) is 0 Å². The summed E-state index contributed by atoms with van der Waals surface area (Å²) < 4.78 is 6.40. The van der Waals surface area contributed by atoms with Gasteiger partial charge >= 0.3 is 0 Å². The van der Waals surface area contributed by atoms with E-state index in [0.29, 0.717) is 6.10 Å². The summed E-state index contributed by atoms with van der Waals surface area (Å²) in [5.74, 6) is 0.833. The molecule has 0 spiro atoms. The molecule has 1 aliphatic rings. The zero-order valence-electron chi connectivity index (χ0n) is 13.1. The van der Waals surface area contributed by atoms with Crippen LogP contribution >= 0.6 is 0 Å². The van der Waals surface area contributed by atoms with Crippen molar-refractivity contribution in [2.75, 3.05) is 0 Å². The predicted molar refractivity (Wildman–Crippen MR) is 84.7 cm³/mol. The Bertz CT molecular complexity index is 416. The summed E-state index contributed by atoms with van der Waals surface area (Å²) in [5, 5.41) is 0. The third-order valence-electron chi connectivity index (χ3n) is 4.50. The summed E-state index contributed by atoms with van der Waals surface area (Å²) in [7, 11) is 0. The fraction of sp³-hybridized carbons (Fsp3) is 0.667. The lowest BCUT2D eigenvalue weighted by Crippen LogP contribution is -2.32. The van der Waals surface area contributed by atoms with Gasteiger partial charge in [0.1, 0.15) is 0 Å². The third kappa shape index (κ3) is 4.07. The highest BCUT2D eigenvalue weighted by atomic mass is 16.5. The number of hydrogen-bond acceptors (Lipinski definition) is 2. The number of rotatable bonds is 5. The van der Waals surface area contributed by atoms with E-state index in [1.54, 1.807) is 0 Å². The SMILES string of the molecule is CCC1CCCC(OC(c2cccc(C)c2)C(C)N)C1. The number of ether oxygens (including phenoxy) is 1. The summed E-state index contributed by atoms with van der Waals surface area (Å²) in [5.41, 5.74) is 8.67. The van der Waals surface area contributed by atoms with E-state index >= 15 is 0 Å². The topological polar surface area (TPSA) is 35.2 Å². The number of nitrogens with two attached hydrogens (primary N) is 1. The van der Waals surface area contributed by atoms with E-state index in [1.165, 1.54) is 43.2 Å². The van der Waals surface area contributed by atoms with Gasteiger partial charge in [-0.1, -0.05) is 56.0 Å². The van der Waals surface area contributed by atoms with Gasteiger partial charge in [0.2, 0.25) is 0 Å². The Kier molecular flexibility index (Phi) is 5.62. The molecule has 2 heteroatoms. The van der Waals surface area contributed by atoms with Crippen molar-refractivity contribution in [3.05, 3.63) is 35.4 Å². The third-order valence-corrected chi connectivity index (χ3v) is 4.50. The molecule has 2 N–H and O–H groups in total. The highest BCUT2D eigenvalue weighted by molar-refractivity contribution is 5.25. The van der Waals surface area contributed by atoms with Gasteiger partial charge in [0.05, 0.1) is 12.2 Å². The molecule has 112 valence electrons. The van der Waals surface area contributed by atoms with Crippen LogP contribution in [0.25, 0.3) is 0 Å². The summed E-state index contributed by atoms with van der Waals surface area (Å²) in [6, 6.07) is 8.59. The fourth-order valence-corrected chi connectivity index (χ4v) is 3.30. The van der Waals surface area contributed by atoms with Crippen LogP contribution in [0.1, 0.15) is 63.2 Å². The predicted octanol–water partition coefficient (Wildman–Crippen LogP) is 4.37. The second kappa shape index (κ2) is 7.24. The minimum atomic E-state index is 0.0236. The van der Waals surface area contributed by atoms with Crippen molar-refractivity contribution in [2.45, 2.75) is 71.1 Å². The number of hydrogen-bond donors (Lipinski definition) is 1. The van der Waals surface area contributed by atoms with E-state index in [9.17, 15) is 0 Å². The van der Waals surface area contributed by atoms with Crippen LogP contribution in [0.15, 0.2) is 24.3 Å². The van der Waals surface area contributed by atoms with Crippen molar-refractivity contribution in [3.63, 3.8) is 0 Å². The minimum absolute atomic E-state index is 0.0236. The first-order chi connectivity index (χ1) is 9.60. The molecule has 2 nitrogen and oxygen atoms in total. The molecule has 1 aromatic carbocycles. The van der Waals surface area contributed by atoms with Crippen molar-refractivity contribution in [2.24, 2.45) is 11.7 Å². The molecular weight excluding hydrogens is 246 g/mol. The Morgan fingerprint density at radius 1 is 1.35 bits per heavy atom. The Hall–Kier alpha value is -0.860. The molecule has 1 fully saturated rings. The van der Waals surface area contributed by atoms with Crippen LogP contribution in [0.4, 0.5) is 0 Å². The Morgan fingerprint density at radius 3 is 2.80 bits per heavy atom. The molecule has 0 bridgehead atoms. The monoisotopic (exact) mass is 275 g/mol. The summed E-state index contributed by atoms with van der Waals surface area (Å²) in [6.07, 6.45) is 6.72. The van der Waals surface area contributed by atoms with Crippen LogP contribution in [0, 0.1) is 12.8 Å². The Morgan fingerprint density at radius 2 is 2.15 bits per heavy atom. The second-order valence-corrected chi connectivity index (χ2v) is 6.39. The molecule has 1 aliphatic carbocycles. The average molecular weight is 275 g/mol. The summed E-state index contributed by atoms with van der Waals surface area (Å²) >= 11 is 0. The van der Waals surface area contributed by atoms with Crippen LogP contribution in [0.2, 0.25) is 0 Å². The van der Waals surface area contributed by atoms with Gasteiger partial charge in [-0.25, -0.2) is 0 Å². The molecule has 0 heterocycles. The Labute approximate surface area is 123 Å². The smallest absolute Gasteiger partial charge is 0.0976 e. The first kappa shape index (κ1) is 15.5. The highest BCUT2D eigenvalue weighted by Gasteiger charge is 2.26. The summed E-state index contributed by atoms with van der Waals surface area (Å²) in [6.45, 7) is 6.46. The molecule has 0 aromatic heterocycles. The van der Waals surface area contributed by atoms with Gasteiger partial charge in [-0.2, -0.15) is 0 Å². The van der Waals surface area contributed by atoms with E-state index in [1.807, 2.05) is 6.92 Å². The largest absolute Gasteiger partial charge is 0.369 e. The molecule has 2 rings (SSSR count). The molecule has 4 unspecified atom stereocenters. The van der Waals surface area contributed by atoms with Crippen molar-refractivity contribution >= 4 is 0 Å². The van der Waals surface area contributed by atoms with Crippen LogP contribution in [0.5, 0.6) is 0 Å². The Balaban J connectivity index is 2.06. The quantitative estimate of drug-likeness (QED) is 0.866. The van der Waals surface area contributed by atoms with Gasteiger partial charge < -0.3 is 10.5 Å². The van der Waals surface area contributed by atoms with Crippen molar-refractivity contribution < 1.29 is 4.74 Å². The van der Waals surface area contributed by atoms with E-state index < -0.39 is 0 Å². The summed E-state index contributed by atoms with van der Waals surface area (Å²) in [4.78, 5) is 0. The van der Waals surface area contributed by atoms with Crippen molar-refractivity contribution in [3.8, 4) is 0 Å². The molecule has 1 aromatic rings. The number of aryl methyl sites for hydroxylation is 1. The van der Waals surface area contributed by atoms with E-state index in [-0.39, 0.29) is 12.1 Å². The zero-order valence-corrected chi connectivity index (χ0v) is 13.1. The normalized spacial score (nSPS) is 26.2. The minimum Gasteiger partial charge on any atom is -0.369 e. The van der Waals surface area contributed by atoms with Gasteiger partial charge in [0, 0.05) is 6.04 Å². The lowest BCUT2D eigenvalue weighted by Gasteiger charge is -2.33. The van der Waals surface area contributed by atoms with Crippen LogP contribution in [-0.2, 0) is 4.74 Å². The van der Waals surface area contributed by atoms with Gasteiger partial charge in [0.15, 0.2) is 0 Å². The average Bonchev–Trinajstić information content (AvgIpc) is 2.44. The second-order valence-electron chi connectivity index (χ2n) is 6.39. The fourth-order valence-electron chi connectivity index (χ4n) is 3.30. The molecule has 0 saturated heterocycles. The lowest BCUT2D eigenvalue weighted by molar-refractivity contribution is -0.0508. The molecule has 1 saturated carbocycles. The number of benzene rings is 1. The first-order valence-corrected chi connectivity index (χ1v) is 8.07. The molecule has 0 amide bonds. The van der Waals surface area contributed by atoms with Gasteiger partial charge in [-0.3, -0.25) is 0 Å². The molecule has 4 atom stereocenters. The van der Waals surface area contributed by atoms with E-state index in [2.05, 4.69) is 38.1 Å². The maximum atomic E-state index is 6.40. The molecule has 20 heavy (non-hydrogen) atoms. The molecular formula is C18H29NO. The van der Waals surface area contributed by atoms with Crippen LogP contribution < -0.4 is 5.73 Å². The van der Waals surface area contributed by atoms with Gasteiger partial charge in [-0.15, -0.1) is 0 Å². The van der Waals surface area contributed by atoms with Crippen molar-refractivity contribution in [1.29, 1.82) is 0 Å². The van der Waals surface area contributed by atoms with Gasteiger partial charge in [0.25, 0.3) is 0 Å². The maximum absolute atomic E-state index is 6.40. The molecule has 0 radical (unpaired) electrons.